The number of aromatic nitrogens is 3. The number of benzene rings is 2. The Balaban J connectivity index is 1.71. The highest BCUT2D eigenvalue weighted by atomic mass is 32.2. The summed E-state index contributed by atoms with van der Waals surface area (Å²) in [6.45, 7) is 10.5. The van der Waals surface area contributed by atoms with Gasteiger partial charge in [0.05, 0.1) is 18.3 Å². The first-order chi connectivity index (χ1) is 15.3. The van der Waals surface area contributed by atoms with E-state index in [2.05, 4.69) is 19.6 Å². The molecule has 0 amide bonds. The summed E-state index contributed by atoms with van der Waals surface area (Å²) in [5.41, 5.74) is 2.83. The fraction of sp³-hybridized carbons (Fsp3) is 0.0870. The highest BCUT2D eigenvalue weighted by Crippen LogP contribution is 2.24. The number of nitrogens with zero attached hydrogens (tertiary/aromatic N) is 3. The van der Waals surface area contributed by atoms with Gasteiger partial charge in [0.2, 0.25) is 0 Å². The molecular weight excluding hydrogens is 426 g/mol. The van der Waals surface area contributed by atoms with Crippen molar-refractivity contribution < 1.29 is 8.42 Å². The van der Waals surface area contributed by atoms with Crippen molar-refractivity contribution >= 4 is 21.4 Å². The molecule has 0 bridgehead atoms. The third-order valence-corrected chi connectivity index (χ3v) is 6.46. The first-order valence-electron chi connectivity index (χ1n) is 9.64. The molecule has 0 aliphatic heterocycles. The molecule has 2 aromatic carbocycles. The lowest BCUT2D eigenvalue weighted by Crippen LogP contribution is -2.19. The van der Waals surface area contributed by atoms with E-state index in [0.717, 1.165) is 0 Å². The number of pyridine rings is 1. The number of anilines is 1. The van der Waals surface area contributed by atoms with Crippen LogP contribution in [0.15, 0.2) is 76.6 Å². The fourth-order valence-electron chi connectivity index (χ4n) is 3.40. The van der Waals surface area contributed by atoms with Crippen molar-refractivity contribution in [2.24, 2.45) is 0 Å². The number of sulfonamides is 1. The van der Waals surface area contributed by atoms with Crippen LogP contribution in [-0.4, -0.2) is 23.2 Å². The van der Waals surface area contributed by atoms with Crippen LogP contribution >= 0.6 is 0 Å². The third-order valence-electron chi connectivity index (χ3n) is 4.95. The maximum absolute atomic E-state index is 13.1. The zero-order valence-corrected chi connectivity index (χ0v) is 18.1. The number of para-hydroxylation sites is 1. The molecule has 4 aromatic rings. The van der Waals surface area contributed by atoms with E-state index in [-0.39, 0.29) is 16.3 Å². The van der Waals surface area contributed by atoms with Gasteiger partial charge in [0, 0.05) is 11.4 Å². The molecule has 0 unspecified atom stereocenters. The van der Waals surface area contributed by atoms with Crippen LogP contribution in [0.4, 0.5) is 11.4 Å². The van der Waals surface area contributed by atoms with Gasteiger partial charge in [0.25, 0.3) is 15.6 Å². The summed E-state index contributed by atoms with van der Waals surface area (Å²) in [5.74, 6) is 0.276. The van der Waals surface area contributed by atoms with Crippen molar-refractivity contribution in [3.8, 4) is 16.9 Å². The van der Waals surface area contributed by atoms with Crippen molar-refractivity contribution in [1.82, 2.24) is 14.8 Å². The molecule has 0 spiro atoms. The van der Waals surface area contributed by atoms with Gasteiger partial charge in [-0.3, -0.25) is 14.6 Å². The summed E-state index contributed by atoms with van der Waals surface area (Å²) in [5, 5.41) is 3.00. The molecule has 4 rings (SSSR count). The summed E-state index contributed by atoms with van der Waals surface area (Å²) >= 11 is 0. The predicted octanol–water partition coefficient (Wildman–Crippen LogP) is 4.20. The summed E-state index contributed by atoms with van der Waals surface area (Å²) in [4.78, 5) is 20.7. The average molecular weight is 446 g/mol. The van der Waals surface area contributed by atoms with E-state index in [1.807, 2.05) is 0 Å². The number of hydrogen-bond acceptors (Lipinski definition) is 4. The number of hydrogen-bond donors (Lipinski definition) is 2. The van der Waals surface area contributed by atoms with Gasteiger partial charge in [-0.2, -0.15) is 0 Å². The minimum atomic E-state index is -3.84. The monoisotopic (exact) mass is 445 g/mol. The van der Waals surface area contributed by atoms with Crippen LogP contribution in [0.1, 0.15) is 11.3 Å². The number of aryl methyl sites for hydroxylation is 2. The van der Waals surface area contributed by atoms with E-state index in [1.165, 1.54) is 10.9 Å². The molecule has 0 radical (unpaired) electrons. The van der Waals surface area contributed by atoms with E-state index in [4.69, 9.17) is 6.57 Å². The van der Waals surface area contributed by atoms with Gasteiger partial charge in [-0.05, 0) is 43.2 Å². The number of aromatic amines is 1. The van der Waals surface area contributed by atoms with Gasteiger partial charge in [-0.15, -0.1) is 0 Å². The van der Waals surface area contributed by atoms with Crippen LogP contribution in [0.3, 0.4) is 0 Å². The Morgan fingerprint density at radius 2 is 1.75 bits per heavy atom. The number of nitrogens with one attached hydrogen (secondary N) is 2. The van der Waals surface area contributed by atoms with Gasteiger partial charge >= 0.3 is 0 Å². The second-order valence-corrected chi connectivity index (χ2v) is 8.84. The van der Waals surface area contributed by atoms with E-state index < -0.39 is 10.0 Å². The third kappa shape index (κ3) is 3.91. The molecule has 0 aliphatic carbocycles. The van der Waals surface area contributed by atoms with Crippen LogP contribution in [0.5, 0.6) is 0 Å². The highest BCUT2D eigenvalue weighted by Gasteiger charge is 2.20. The molecule has 32 heavy (non-hydrogen) atoms. The minimum absolute atomic E-state index is 0.0244. The van der Waals surface area contributed by atoms with Gasteiger partial charge < -0.3 is 0 Å². The molecule has 9 heteroatoms. The smallest absolute Gasteiger partial charge is 0.280 e. The molecule has 0 aliphatic rings. The molecule has 0 atom stereocenters. The minimum Gasteiger partial charge on any atom is -0.293 e. The first-order valence-corrected chi connectivity index (χ1v) is 11.1. The summed E-state index contributed by atoms with van der Waals surface area (Å²) in [6.07, 6.45) is 1.24. The van der Waals surface area contributed by atoms with E-state index in [1.54, 1.807) is 74.5 Å². The Hall–Kier alpha value is -4.16. The lowest BCUT2D eigenvalue weighted by atomic mass is 10.1. The Bertz CT molecular complexity index is 1500. The Labute approximate surface area is 185 Å². The van der Waals surface area contributed by atoms with Gasteiger partial charge in [-0.1, -0.05) is 42.5 Å². The van der Waals surface area contributed by atoms with Crippen LogP contribution < -0.4 is 10.3 Å². The molecule has 2 N–H and O–H groups in total. The van der Waals surface area contributed by atoms with Crippen molar-refractivity contribution in [1.29, 1.82) is 0 Å². The number of H-pyrrole nitrogens is 1. The molecule has 0 fully saturated rings. The maximum atomic E-state index is 13.1. The average Bonchev–Trinajstić information content (AvgIpc) is 3.08. The van der Waals surface area contributed by atoms with E-state index >= 15 is 0 Å². The standard InChI is InChI=1S/C23H19N5O3S/c1-15-13-21(25-14-20(15)32(30,31)27-19-7-5-4-6-8-19)28-23(29)22(16(2)26-28)17-9-11-18(24-3)12-10-17/h4-14,26-27H,1-2H3. The van der Waals surface area contributed by atoms with Crippen LogP contribution in [0.2, 0.25) is 0 Å². The normalized spacial score (nSPS) is 11.2. The lowest BCUT2D eigenvalue weighted by molar-refractivity contribution is 0.600. The molecule has 2 aromatic heterocycles. The predicted molar refractivity (Wildman–Crippen MR) is 123 cm³/mol. The van der Waals surface area contributed by atoms with Crippen LogP contribution in [0.25, 0.3) is 21.8 Å². The first kappa shape index (κ1) is 21.1. The maximum Gasteiger partial charge on any atom is 0.280 e. The van der Waals surface area contributed by atoms with Crippen molar-refractivity contribution in [2.75, 3.05) is 4.72 Å². The lowest BCUT2D eigenvalue weighted by Gasteiger charge is -2.11. The topological polar surface area (TPSA) is 101 Å². The Morgan fingerprint density at radius 3 is 2.38 bits per heavy atom. The molecule has 8 nitrogen and oxygen atoms in total. The van der Waals surface area contributed by atoms with Gasteiger partial charge in [0.15, 0.2) is 11.5 Å². The number of rotatable bonds is 5. The van der Waals surface area contributed by atoms with Crippen molar-refractivity contribution in [3.05, 3.63) is 99.9 Å². The second-order valence-electron chi connectivity index (χ2n) is 7.19. The van der Waals surface area contributed by atoms with Gasteiger partial charge in [-0.25, -0.2) is 22.9 Å². The highest BCUT2D eigenvalue weighted by molar-refractivity contribution is 7.92. The Kier molecular flexibility index (Phi) is 5.38. The van der Waals surface area contributed by atoms with E-state index in [9.17, 15) is 13.2 Å². The Morgan fingerprint density at radius 1 is 1.06 bits per heavy atom. The molecule has 2 heterocycles. The fourth-order valence-corrected chi connectivity index (χ4v) is 4.63. The molecule has 0 saturated carbocycles. The van der Waals surface area contributed by atoms with Crippen molar-refractivity contribution in [3.63, 3.8) is 0 Å². The quantitative estimate of drug-likeness (QED) is 0.450. The molecule has 0 saturated heterocycles. The zero-order valence-electron chi connectivity index (χ0n) is 17.3. The SMILES string of the molecule is [C-]#[N+]c1ccc(-c2c(C)[nH]n(-c3cc(C)c(S(=O)(=O)Nc4ccccc4)cn3)c2=O)cc1. The van der Waals surface area contributed by atoms with E-state index in [0.29, 0.717) is 33.8 Å². The summed E-state index contributed by atoms with van der Waals surface area (Å²) in [6, 6.07) is 16.9. The van der Waals surface area contributed by atoms with Crippen LogP contribution in [0, 0.1) is 20.4 Å². The zero-order chi connectivity index (χ0) is 22.9. The second kappa shape index (κ2) is 8.17. The largest absolute Gasteiger partial charge is 0.293 e. The molecule has 160 valence electrons. The van der Waals surface area contributed by atoms with Crippen LogP contribution in [-0.2, 0) is 10.0 Å². The van der Waals surface area contributed by atoms with Crippen molar-refractivity contribution in [2.45, 2.75) is 18.7 Å². The summed E-state index contributed by atoms with van der Waals surface area (Å²) < 4.78 is 29.4. The van der Waals surface area contributed by atoms with Gasteiger partial charge in [0.1, 0.15) is 4.90 Å². The summed E-state index contributed by atoms with van der Waals surface area (Å²) in [7, 11) is -3.84. The molecular formula is C23H19N5O3S.